The maximum Gasteiger partial charge on any atom is 0.293 e. The molecule has 3 rings (SSSR count). The van der Waals surface area contributed by atoms with Crippen molar-refractivity contribution in [3.05, 3.63) is 35.4 Å². The number of amidine groups is 1. The SMILES string of the molecule is CC[C@@]1(c2ccc(C)cc2)[C@]2(C#N)C(N)=NC(OC)(OC)[C@@]21C#N. The van der Waals surface area contributed by atoms with Crippen molar-refractivity contribution in [1.82, 2.24) is 0 Å². The molecule has 0 saturated heterocycles. The number of nitrogens with two attached hydrogens (primary N) is 1. The number of aliphatic imine (C=N–C) groups is 1. The number of nitriles is 2. The summed E-state index contributed by atoms with van der Waals surface area (Å²) in [6.45, 7) is 3.93. The molecule has 2 N–H and O–H groups in total. The van der Waals surface area contributed by atoms with Crippen molar-refractivity contribution in [2.45, 2.75) is 31.6 Å². The third-order valence-corrected chi connectivity index (χ3v) is 5.87. The van der Waals surface area contributed by atoms with Gasteiger partial charge in [0.15, 0.2) is 10.8 Å². The van der Waals surface area contributed by atoms with Crippen LogP contribution in [0.1, 0.15) is 24.5 Å². The first-order valence-electron chi connectivity index (χ1n) is 7.79. The van der Waals surface area contributed by atoms with Crippen LogP contribution in [0.2, 0.25) is 0 Å². The van der Waals surface area contributed by atoms with Crippen LogP contribution < -0.4 is 5.73 Å². The fraction of sp³-hybridized carbons (Fsp3) is 0.500. The molecule has 1 aromatic rings. The maximum atomic E-state index is 10.2. The summed E-state index contributed by atoms with van der Waals surface area (Å²) >= 11 is 0. The molecule has 1 fully saturated rings. The molecule has 0 amide bonds. The number of hydrogen-bond donors (Lipinski definition) is 1. The molecular weight excluding hydrogens is 304 g/mol. The zero-order chi connectivity index (χ0) is 17.8. The molecule has 0 bridgehead atoms. The van der Waals surface area contributed by atoms with Gasteiger partial charge in [-0.15, -0.1) is 0 Å². The first-order chi connectivity index (χ1) is 11.4. The Kier molecular flexibility index (Phi) is 3.29. The topological polar surface area (TPSA) is 104 Å². The monoisotopic (exact) mass is 324 g/mol. The summed E-state index contributed by atoms with van der Waals surface area (Å²) in [5.41, 5.74) is 4.71. The van der Waals surface area contributed by atoms with E-state index in [9.17, 15) is 10.5 Å². The van der Waals surface area contributed by atoms with E-state index in [-0.39, 0.29) is 5.84 Å². The van der Waals surface area contributed by atoms with E-state index in [0.717, 1.165) is 11.1 Å². The van der Waals surface area contributed by atoms with Crippen LogP contribution in [0, 0.1) is 40.4 Å². The molecule has 124 valence electrons. The summed E-state index contributed by atoms with van der Waals surface area (Å²) in [4.78, 5) is 4.27. The normalized spacial score (nSPS) is 35.5. The number of hydrogen-bond acceptors (Lipinski definition) is 6. The van der Waals surface area contributed by atoms with Crippen LogP contribution in [-0.2, 0) is 14.9 Å². The Morgan fingerprint density at radius 2 is 1.71 bits per heavy atom. The van der Waals surface area contributed by atoms with Gasteiger partial charge in [0.05, 0.1) is 17.6 Å². The number of nitrogens with zero attached hydrogens (tertiary/aromatic N) is 3. The van der Waals surface area contributed by atoms with Crippen LogP contribution in [-0.4, -0.2) is 26.0 Å². The van der Waals surface area contributed by atoms with E-state index in [1.807, 2.05) is 38.1 Å². The second-order valence-electron chi connectivity index (χ2n) is 6.34. The van der Waals surface area contributed by atoms with Crippen molar-refractivity contribution >= 4 is 5.84 Å². The van der Waals surface area contributed by atoms with Gasteiger partial charge in [0.2, 0.25) is 0 Å². The summed E-state index contributed by atoms with van der Waals surface area (Å²) in [5, 5.41) is 20.2. The molecule has 24 heavy (non-hydrogen) atoms. The van der Waals surface area contributed by atoms with Crippen molar-refractivity contribution in [3.63, 3.8) is 0 Å². The lowest BCUT2D eigenvalue weighted by Gasteiger charge is -2.33. The summed E-state index contributed by atoms with van der Waals surface area (Å²) in [7, 11) is 2.83. The van der Waals surface area contributed by atoms with E-state index in [4.69, 9.17) is 15.2 Å². The van der Waals surface area contributed by atoms with E-state index in [0.29, 0.717) is 6.42 Å². The fourth-order valence-electron chi connectivity index (χ4n) is 4.84. The number of benzene rings is 1. The van der Waals surface area contributed by atoms with E-state index in [1.54, 1.807) is 0 Å². The molecule has 2 aliphatic rings. The minimum absolute atomic E-state index is 0.0951. The van der Waals surface area contributed by atoms with Crippen LogP contribution in [0.5, 0.6) is 0 Å². The average molecular weight is 324 g/mol. The molecule has 0 radical (unpaired) electrons. The number of fused-ring (bicyclic) bond motifs is 1. The smallest absolute Gasteiger partial charge is 0.293 e. The Hall–Kier alpha value is -2.41. The van der Waals surface area contributed by atoms with Crippen LogP contribution in [0.25, 0.3) is 0 Å². The Labute approximate surface area is 141 Å². The lowest BCUT2D eigenvalue weighted by atomic mass is 9.80. The second kappa shape index (κ2) is 4.80. The molecule has 0 spiro atoms. The predicted octanol–water partition coefficient (Wildman–Crippen LogP) is 1.99. The van der Waals surface area contributed by atoms with Crippen molar-refractivity contribution in [2.75, 3.05) is 14.2 Å². The largest absolute Gasteiger partial charge is 0.386 e. The number of rotatable bonds is 4. The van der Waals surface area contributed by atoms with Gasteiger partial charge in [-0.2, -0.15) is 10.5 Å². The molecule has 0 unspecified atom stereocenters. The molecule has 1 aromatic carbocycles. The Morgan fingerprint density at radius 3 is 2.12 bits per heavy atom. The summed E-state index contributed by atoms with van der Waals surface area (Å²) in [6, 6.07) is 12.4. The third-order valence-electron chi connectivity index (χ3n) is 5.87. The minimum atomic E-state index is -1.59. The van der Waals surface area contributed by atoms with Gasteiger partial charge in [-0.05, 0) is 18.9 Å². The van der Waals surface area contributed by atoms with Crippen molar-refractivity contribution in [2.24, 2.45) is 21.6 Å². The summed E-state index contributed by atoms with van der Waals surface area (Å²) in [5.74, 6) is -1.50. The molecule has 6 nitrogen and oxygen atoms in total. The zero-order valence-corrected chi connectivity index (χ0v) is 14.3. The molecule has 1 heterocycles. The minimum Gasteiger partial charge on any atom is -0.386 e. The van der Waals surface area contributed by atoms with Crippen LogP contribution in [0.15, 0.2) is 29.3 Å². The highest BCUT2D eigenvalue weighted by atomic mass is 16.7. The van der Waals surface area contributed by atoms with Crippen LogP contribution in [0.4, 0.5) is 0 Å². The van der Waals surface area contributed by atoms with Gasteiger partial charge in [-0.1, -0.05) is 36.8 Å². The highest BCUT2D eigenvalue weighted by molar-refractivity contribution is 6.02. The fourth-order valence-corrected chi connectivity index (χ4v) is 4.84. The quantitative estimate of drug-likeness (QED) is 0.853. The number of ether oxygens (including phenoxy) is 2. The van der Waals surface area contributed by atoms with Gasteiger partial charge in [-0.25, -0.2) is 4.99 Å². The van der Waals surface area contributed by atoms with E-state index < -0.39 is 22.2 Å². The Bertz CT molecular complexity index is 800. The maximum absolute atomic E-state index is 10.2. The highest BCUT2D eigenvalue weighted by Gasteiger charge is 3.00. The lowest BCUT2D eigenvalue weighted by molar-refractivity contribution is -0.234. The second-order valence-corrected chi connectivity index (χ2v) is 6.34. The summed E-state index contributed by atoms with van der Waals surface area (Å²) < 4.78 is 11.1. The average Bonchev–Trinajstić information content (AvgIpc) is 3.10. The third kappa shape index (κ3) is 1.25. The molecule has 6 heteroatoms. The van der Waals surface area contributed by atoms with Gasteiger partial charge in [0.1, 0.15) is 5.84 Å². The van der Waals surface area contributed by atoms with E-state index >= 15 is 0 Å². The molecule has 1 saturated carbocycles. The lowest BCUT2D eigenvalue weighted by Crippen LogP contribution is -2.45. The molecule has 1 aliphatic heterocycles. The van der Waals surface area contributed by atoms with Gasteiger partial charge in [0, 0.05) is 14.2 Å². The van der Waals surface area contributed by atoms with Crippen molar-refractivity contribution < 1.29 is 9.47 Å². The van der Waals surface area contributed by atoms with Crippen molar-refractivity contribution in [1.29, 1.82) is 10.5 Å². The van der Waals surface area contributed by atoms with Gasteiger partial charge in [0.25, 0.3) is 5.91 Å². The highest BCUT2D eigenvalue weighted by Crippen LogP contribution is 2.86. The van der Waals surface area contributed by atoms with E-state index in [1.165, 1.54) is 14.2 Å². The Morgan fingerprint density at radius 1 is 1.12 bits per heavy atom. The molecule has 3 atom stereocenters. The number of methoxy groups -OCH3 is 2. The number of aryl methyl sites for hydroxylation is 1. The van der Waals surface area contributed by atoms with Crippen molar-refractivity contribution in [3.8, 4) is 12.1 Å². The standard InChI is InChI=1S/C18H20N4O2/c1-5-15(13-8-6-12(2)7-9-13)16(10-19)14(21)22-18(23-3,24-4)17(15,16)11-20/h6-9H,5H2,1-4H3,(H2,21,22)/t15-,16+,17-/m1/s1. The van der Waals surface area contributed by atoms with E-state index in [2.05, 4.69) is 17.1 Å². The summed E-state index contributed by atoms with van der Waals surface area (Å²) in [6.07, 6.45) is 0.530. The van der Waals surface area contributed by atoms with Gasteiger partial charge >= 0.3 is 0 Å². The van der Waals surface area contributed by atoms with Gasteiger partial charge in [-0.3, -0.25) is 0 Å². The zero-order valence-electron chi connectivity index (χ0n) is 14.3. The molecule has 0 aromatic heterocycles. The first kappa shape index (κ1) is 16.4. The molecular formula is C18H20N4O2. The molecule has 1 aliphatic carbocycles. The Balaban J connectivity index is 2.38. The predicted molar refractivity (Wildman–Crippen MR) is 87.6 cm³/mol. The van der Waals surface area contributed by atoms with Gasteiger partial charge < -0.3 is 15.2 Å². The van der Waals surface area contributed by atoms with Crippen LogP contribution >= 0.6 is 0 Å². The van der Waals surface area contributed by atoms with Crippen LogP contribution in [0.3, 0.4) is 0 Å². The first-order valence-corrected chi connectivity index (χ1v) is 7.79.